The topological polar surface area (TPSA) is 26.2 Å². The molecule has 0 spiro atoms. The quantitative estimate of drug-likeness (QED) is 0.844. The molecule has 1 N–H and O–H groups in total. The van der Waals surface area contributed by atoms with Crippen LogP contribution in [0, 0.1) is 0 Å². The van der Waals surface area contributed by atoms with E-state index >= 15 is 0 Å². The molecule has 0 radical (unpaired) electrons. The first kappa shape index (κ1) is 16.1. The van der Waals surface area contributed by atoms with Crippen molar-refractivity contribution in [1.29, 1.82) is 0 Å². The minimum absolute atomic E-state index is 0.128. The van der Waals surface area contributed by atoms with Gasteiger partial charge in [-0.05, 0) is 57.2 Å². The lowest BCUT2D eigenvalue weighted by molar-refractivity contribution is 0.295. The van der Waals surface area contributed by atoms with Gasteiger partial charge >= 0.3 is 0 Å². The van der Waals surface area contributed by atoms with E-state index in [0.717, 1.165) is 23.3 Å². The standard InChI is InChI=1S/C17H23BrN2O/c1-17(2,3)19-13-15-5-4-10-20(15)11-12-21-16-8-6-14(18)7-9-16/h4-10,19H,11-13H2,1-3H3. The lowest BCUT2D eigenvalue weighted by Crippen LogP contribution is -2.35. The molecule has 0 atom stereocenters. The van der Waals surface area contributed by atoms with Crippen LogP contribution in [0.4, 0.5) is 0 Å². The molecule has 0 amide bonds. The van der Waals surface area contributed by atoms with Crippen LogP contribution in [0.1, 0.15) is 26.5 Å². The molecule has 21 heavy (non-hydrogen) atoms. The van der Waals surface area contributed by atoms with Crippen molar-refractivity contribution in [2.75, 3.05) is 6.61 Å². The van der Waals surface area contributed by atoms with Gasteiger partial charge in [-0.1, -0.05) is 15.9 Å². The summed E-state index contributed by atoms with van der Waals surface area (Å²) in [6.45, 7) is 8.92. The molecule has 1 aromatic heterocycles. The van der Waals surface area contributed by atoms with Crippen molar-refractivity contribution >= 4 is 15.9 Å². The Kier molecular flexibility index (Phi) is 5.48. The van der Waals surface area contributed by atoms with E-state index < -0.39 is 0 Å². The highest BCUT2D eigenvalue weighted by Gasteiger charge is 2.10. The van der Waals surface area contributed by atoms with Gasteiger partial charge in [0, 0.05) is 28.4 Å². The Labute approximate surface area is 135 Å². The van der Waals surface area contributed by atoms with Gasteiger partial charge in [0.1, 0.15) is 12.4 Å². The average molecular weight is 351 g/mol. The van der Waals surface area contributed by atoms with Gasteiger partial charge < -0.3 is 14.6 Å². The maximum absolute atomic E-state index is 5.77. The lowest BCUT2D eigenvalue weighted by atomic mass is 10.1. The summed E-state index contributed by atoms with van der Waals surface area (Å²) in [6.07, 6.45) is 2.10. The number of nitrogens with one attached hydrogen (secondary N) is 1. The summed E-state index contributed by atoms with van der Waals surface area (Å²) in [5.74, 6) is 0.903. The van der Waals surface area contributed by atoms with Crippen LogP contribution in [0.25, 0.3) is 0 Å². The summed E-state index contributed by atoms with van der Waals surface area (Å²) in [7, 11) is 0. The second-order valence-electron chi connectivity index (χ2n) is 6.10. The molecule has 0 bridgehead atoms. The van der Waals surface area contributed by atoms with E-state index in [1.54, 1.807) is 0 Å². The first-order valence-electron chi connectivity index (χ1n) is 7.21. The van der Waals surface area contributed by atoms with Crippen LogP contribution < -0.4 is 10.1 Å². The number of halogens is 1. The Balaban J connectivity index is 1.83. The van der Waals surface area contributed by atoms with Crippen molar-refractivity contribution in [3.05, 3.63) is 52.8 Å². The number of hydrogen-bond acceptors (Lipinski definition) is 2. The summed E-state index contributed by atoms with van der Waals surface area (Å²) in [6, 6.07) is 12.2. The molecule has 3 nitrogen and oxygen atoms in total. The van der Waals surface area contributed by atoms with E-state index in [1.165, 1.54) is 5.69 Å². The molecule has 114 valence electrons. The van der Waals surface area contributed by atoms with Crippen molar-refractivity contribution in [1.82, 2.24) is 9.88 Å². The fourth-order valence-electron chi connectivity index (χ4n) is 1.98. The third-order valence-electron chi connectivity index (χ3n) is 3.14. The van der Waals surface area contributed by atoms with Crippen LogP contribution in [-0.4, -0.2) is 16.7 Å². The van der Waals surface area contributed by atoms with E-state index in [1.807, 2.05) is 24.3 Å². The van der Waals surface area contributed by atoms with Gasteiger partial charge in [-0.25, -0.2) is 0 Å². The Morgan fingerprint density at radius 1 is 1.14 bits per heavy atom. The Hall–Kier alpha value is -1.26. The average Bonchev–Trinajstić information content (AvgIpc) is 2.86. The molecule has 4 heteroatoms. The molecule has 0 saturated heterocycles. The predicted molar refractivity (Wildman–Crippen MR) is 90.7 cm³/mol. The van der Waals surface area contributed by atoms with Crippen molar-refractivity contribution in [2.45, 2.75) is 39.4 Å². The van der Waals surface area contributed by atoms with Gasteiger partial charge in [-0.15, -0.1) is 0 Å². The summed E-state index contributed by atoms with van der Waals surface area (Å²) < 4.78 is 9.07. The monoisotopic (exact) mass is 350 g/mol. The summed E-state index contributed by atoms with van der Waals surface area (Å²) in [5, 5.41) is 3.51. The molecule has 1 heterocycles. The summed E-state index contributed by atoms with van der Waals surface area (Å²) in [5.41, 5.74) is 1.41. The van der Waals surface area contributed by atoms with Crippen LogP contribution in [0.3, 0.4) is 0 Å². The maximum atomic E-state index is 5.77. The zero-order valence-electron chi connectivity index (χ0n) is 12.9. The van der Waals surface area contributed by atoms with E-state index in [0.29, 0.717) is 6.61 Å². The maximum Gasteiger partial charge on any atom is 0.119 e. The molecule has 0 unspecified atom stereocenters. The van der Waals surface area contributed by atoms with Gasteiger partial charge in [0.05, 0.1) is 6.54 Å². The number of nitrogens with zero attached hydrogens (tertiary/aromatic N) is 1. The van der Waals surface area contributed by atoms with Gasteiger partial charge in [-0.2, -0.15) is 0 Å². The first-order valence-corrected chi connectivity index (χ1v) is 8.01. The number of benzene rings is 1. The summed E-state index contributed by atoms with van der Waals surface area (Å²) >= 11 is 3.42. The van der Waals surface area contributed by atoms with Crippen molar-refractivity contribution < 1.29 is 4.74 Å². The van der Waals surface area contributed by atoms with Crippen LogP contribution in [0.2, 0.25) is 0 Å². The molecular weight excluding hydrogens is 328 g/mol. The Bertz CT molecular complexity index is 555. The minimum Gasteiger partial charge on any atom is -0.492 e. The molecule has 1 aromatic carbocycles. The van der Waals surface area contributed by atoms with Crippen LogP contribution in [0.5, 0.6) is 5.75 Å². The van der Waals surface area contributed by atoms with E-state index in [4.69, 9.17) is 4.74 Å². The number of aromatic nitrogens is 1. The molecule has 0 aliphatic carbocycles. The van der Waals surface area contributed by atoms with Crippen LogP contribution >= 0.6 is 15.9 Å². The predicted octanol–water partition coefficient (Wildman–Crippen LogP) is 4.22. The van der Waals surface area contributed by atoms with Crippen molar-refractivity contribution in [3.63, 3.8) is 0 Å². The highest BCUT2D eigenvalue weighted by molar-refractivity contribution is 9.10. The highest BCUT2D eigenvalue weighted by Crippen LogP contribution is 2.16. The molecule has 0 saturated carbocycles. The number of hydrogen-bond donors (Lipinski definition) is 1. The lowest BCUT2D eigenvalue weighted by Gasteiger charge is -2.21. The third kappa shape index (κ3) is 5.56. The minimum atomic E-state index is 0.128. The third-order valence-corrected chi connectivity index (χ3v) is 3.67. The van der Waals surface area contributed by atoms with E-state index in [-0.39, 0.29) is 5.54 Å². The largest absolute Gasteiger partial charge is 0.492 e. The molecular formula is C17H23BrN2O. The SMILES string of the molecule is CC(C)(C)NCc1cccn1CCOc1ccc(Br)cc1. The summed E-state index contributed by atoms with van der Waals surface area (Å²) in [4.78, 5) is 0. The first-order chi connectivity index (χ1) is 9.94. The zero-order valence-corrected chi connectivity index (χ0v) is 14.5. The van der Waals surface area contributed by atoms with Gasteiger partial charge in [-0.3, -0.25) is 0 Å². The Morgan fingerprint density at radius 2 is 1.86 bits per heavy atom. The fraction of sp³-hybridized carbons (Fsp3) is 0.412. The van der Waals surface area contributed by atoms with Crippen LogP contribution in [0.15, 0.2) is 47.1 Å². The molecule has 0 aliphatic rings. The van der Waals surface area contributed by atoms with Crippen LogP contribution in [-0.2, 0) is 13.1 Å². The second-order valence-corrected chi connectivity index (χ2v) is 7.01. The number of rotatable bonds is 6. The van der Waals surface area contributed by atoms with E-state index in [2.05, 4.69) is 64.9 Å². The highest BCUT2D eigenvalue weighted by atomic mass is 79.9. The van der Waals surface area contributed by atoms with Gasteiger partial charge in [0.25, 0.3) is 0 Å². The van der Waals surface area contributed by atoms with E-state index in [9.17, 15) is 0 Å². The van der Waals surface area contributed by atoms with Crippen molar-refractivity contribution in [2.24, 2.45) is 0 Å². The van der Waals surface area contributed by atoms with Gasteiger partial charge in [0.2, 0.25) is 0 Å². The Morgan fingerprint density at radius 3 is 2.52 bits per heavy atom. The molecule has 0 aliphatic heterocycles. The molecule has 2 aromatic rings. The smallest absolute Gasteiger partial charge is 0.119 e. The molecule has 0 fully saturated rings. The van der Waals surface area contributed by atoms with Gasteiger partial charge in [0.15, 0.2) is 0 Å². The molecule has 2 rings (SSSR count). The normalized spacial score (nSPS) is 11.6. The number of ether oxygens (including phenoxy) is 1. The van der Waals surface area contributed by atoms with Crippen molar-refractivity contribution in [3.8, 4) is 5.75 Å². The second kappa shape index (κ2) is 7.14. The fourth-order valence-corrected chi connectivity index (χ4v) is 2.24. The zero-order chi connectivity index (χ0) is 15.3.